The molecule has 0 saturated heterocycles. The molecule has 0 aliphatic rings. The van der Waals surface area contributed by atoms with E-state index >= 15 is 0 Å². The lowest BCUT2D eigenvalue weighted by atomic mass is 9.69. The summed E-state index contributed by atoms with van der Waals surface area (Å²) in [6.07, 6.45) is 3.57. The van der Waals surface area contributed by atoms with Gasteiger partial charge in [-0.25, -0.2) is 0 Å². The third-order valence-electron chi connectivity index (χ3n) is 3.65. The van der Waals surface area contributed by atoms with Crippen LogP contribution >= 0.6 is 11.6 Å². The maximum Gasteiger partial charge on any atom is 0.0914 e. The first-order valence-electron chi connectivity index (χ1n) is 6.39. The van der Waals surface area contributed by atoms with Crippen molar-refractivity contribution in [1.29, 1.82) is 0 Å². The monoisotopic (exact) mass is 261 g/mol. The lowest BCUT2D eigenvalue weighted by molar-refractivity contribution is -0.0363. The number of rotatable bonds is 7. The highest BCUT2D eigenvalue weighted by atomic mass is 35.5. The van der Waals surface area contributed by atoms with Crippen molar-refractivity contribution in [3.8, 4) is 0 Å². The molecule has 0 aromatic heterocycles. The van der Waals surface area contributed by atoms with Gasteiger partial charge in [-0.3, -0.25) is 0 Å². The highest BCUT2D eigenvalue weighted by Crippen LogP contribution is 2.39. The van der Waals surface area contributed by atoms with Gasteiger partial charge >= 0.3 is 0 Å². The standard InChI is InChI=1S/C14H28ClNO/c1-7-14(17,13(4,5)10-16-6)11(2)8-9-12(3)15/h8,12,16-17H,7,9-10H2,1-6H3/b11-8+/t12?,14-/m0/s1. The maximum absolute atomic E-state index is 10.9. The molecule has 0 aliphatic carbocycles. The Balaban J connectivity index is 5.06. The highest BCUT2D eigenvalue weighted by molar-refractivity contribution is 6.20. The number of hydrogen-bond donors (Lipinski definition) is 2. The summed E-state index contributed by atoms with van der Waals surface area (Å²) in [5, 5.41) is 14.2. The Morgan fingerprint density at radius 2 is 2.00 bits per heavy atom. The Morgan fingerprint density at radius 1 is 1.47 bits per heavy atom. The molecule has 0 amide bonds. The van der Waals surface area contributed by atoms with Crippen molar-refractivity contribution in [3.05, 3.63) is 11.6 Å². The van der Waals surface area contributed by atoms with E-state index in [4.69, 9.17) is 11.6 Å². The van der Waals surface area contributed by atoms with Crippen molar-refractivity contribution in [2.24, 2.45) is 5.41 Å². The zero-order chi connectivity index (χ0) is 13.7. The Morgan fingerprint density at radius 3 is 2.35 bits per heavy atom. The van der Waals surface area contributed by atoms with Crippen molar-refractivity contribution in [1.82, 2.24) is 5.32 Å². The normalized spacial score (nSPS) is 18.9. The predicted octanol–water partition coefficient (Wildman–Crippen LogP) is 3.34. The van der Waals surface area contributed by atoms with Gasteiger partial charge in [-0.2, -0.15) is 0 Å². The number of halogens is 1. The molecule has 0 aromatic carbocycles. The van der Waals surface area contributed by atoms with Crippen LogP contribution in [-0.2, 0) is 0 Å². The Labute approximate surface area is 111 Å². The summed E-state index contributed by atoms with van der Waals surface area (Å²) in [5.41, 5.74) is 0.0433. The molecule has 17 heavy (non-hydrogen) atoms. The number of allylic oxidation sites excluding steroid dienone is 1. The summed E-state index contributed by atoms with van der Waals surface area (Å²) >= 11 is 5.95. The summed E-state index contributed by atoms with van der Waals surface area (Å²) in [6.45, 7) is 11.0. The topological polar surface area (TPSA) is 32.3 Å². The second kappa shape index (κ2) is 6.77. The van der Waals surface area contributed by atoms with Crippen LogP contribution in [0.2, 0.25) is 0 Å². The smallest absolute Gasteiger partial charge is 0.0914 e. The quantitative estimate of drug-likeness (QED) is 0.544. The summed E-state index contributed by atoms with van der Waals surface area (Å²) in [7, 11) is 1.91. The van der Waals surface area contributed by atoms with Gasteiger partial charge in [0.25, 0.3) is 0 Å². The second-order valence-corrected chi connectivity index (χ2v) is 6.28. The number of hydrogen-bond acceptors (Lipinski definition) is 2. The molecule has 0 bridgehead atoms. The molecule has 1 unspecified atom stereocenters. The van der Waals surface area contributed by atoms with Gasteiger partial charge in [-0.1, -0.05) is 26.8 Å². The Kier molecular flexibility index (Phi) is 6.75. The van der Waals surface area contributed by atoms with Crippen molar-refractivity contribution in [3.63, 3.8) is 0 Å². The number of aliphatic hydroxyl groups is 1. The van der Waals surface area contributed by atoms with E-state index in [0.717, 1.165) is 18.5 Å². The Bertz CT molecular complexity index is 261. The van der Waals surface area contributed by atoms with Crippen LogP contribution in [0.1, 0.15) is 47.5 Å². The van der Waals surface area contributed by atoms with Crippen molar-refractivity contribution < 1.29 is 5.11 Å². The second-order valence-electron chi connectivity index (χ2n) is 5.53. The molecule has 0 radical (unpaired) electrons. The zero-order valence-electron chi connectivity index (χ0n) is 12.1. The average Bonchev–Trinajstić information content (AvgIpc) is 2.24. The van der Waals surface area contributed by atoms with E-state index in [1.165, 1.54) is 0 Å². The van der Waals surface area contributed by atoms with Crippen LogP contribution in [0.25, 0.3) is 0 Å². The van der Waals surface area contributed by atoms with Gasteiger partial charge in [-0.15, -0.1) is 11.6 Å². The van der Waals surface area contributed by atoms with E-state index in [1.807, 2.05) is 27.8 Å². The largest absolute Gasteiger partial charge is 0.385 e. The molecule has 0 aromatic rings. The van der Waals surface area contributed by atoms with E-state index in [-0.39, 0.29) is 10.8 Å². The third-order valence-corrected chi connectivity index (χ3v) is 3.83. The molecule has 0 heterocycles. The minimum Gasteiger partial charge on any atom is -0.385 e. The molecule has 2 N–H and O–H groups in total. The summed E-state index contributed by atoms with van der Waals surface area (Å²) in [5.74, 6) is 0. The van der Waals surface area contributed by atoms with Crippen LogP contribution in [0, 0.1) is 5.41 Å². The molecule has 0 spiro atoms. The van der Waals surface area contributed by atoms with Crippen molar-refractivity contribution >= 4 is 11.6 Å². The predicted molar refractivity (Wildman–Crippen MR) is 76.6 cm³/mol. The number of nitrogens with one attached hydrogen (secondary N) is 1. The van der Waals surface area contributed by atoms with Crippen LogP contribution in [0.15, 0.2) is 11.6 Å². The van der Waals surface area contributed by atoms with Gasteiger partial charge in [0, 0.05) is 17.3 Å². The van der Waals surface area contributed by atoms with Crippen LogP contribution in [-0.4, -0.2) is 29.7 Å². The summed E-state index contributed by atoms with van der Waals surface area (Å²) in [6, 6.07) is 0. The molecular weight excluding hydrogens is 234 g/mol. The molecular formula is C14H28ClNO. The first-order valence-corrected chi connectivity index (χ1v) is 6.83. The Hall–Kier alpha value is -0.0500. The van der Waals surface area contributed by atoms with Gasteiger partial charge in [0.2, 0.25) is 0 Å². The van der Waals surface area contributed by atoms with Gasteiger partial charge in [0.05, 0.1) is 5.60 Å². The van der Waals surface area contributed by atoms with Gasteiger partial charge < -0.3 is 10.4 Å². The third kappa shape index (κ3) is 4.27. The fourth-order valence-electron chi connectivity index (χ4n) is 2.39. The van der Waals surface area contributed by atoms with Gasteiger partial charge in [-0.05, 0) is 39.3 Å². The fourth-order valence-corrected chi connectivity index (χ4v) is 2.48. The van der Waals surface area contributed by atoms with Gasteiger partial charge in [0.15, 0.2) is 0 Å². The van der Waals surface area contributed by atoms with Gasteiger partial charge in [0.1, 0.15) is 0 Å². The first kappa shape index (κ1) is 16.9. The van der Waals surface area contributed by atoms with E-state index in [0.29, 0.717) is 6.42 Å². The molecule has 0 saturated carbocycles. The lowest BCUT2D eigenvalue weighted by Gasteiger charge is -2.43. The summed E-state index contributed by atoms with van der Waals surface area (Å²) < 4.78 is 0. The van der Waals surface area contributed by atoms with Crippen molar-refractivity contribution in [2.45, 2.75) is 58.4 Å². The van der Waals surface area contributed by atoms with Crippen LogP contribution in [0.3, 0.4) is 0 Å². The fraction of sp³-hybridized carbons (Fsp3) is 0.857. The van der Waals surface area contributed by atoms with Crippen LogP contribution < -0.4 is 5.32 Å². The van der Waals surface area contributed by atoms with E-state index < -0.39 is 5.60 Å². The SMILES string of the molecule is CC[C@](O)(/C(C)=C/CC(C)Cl)C(C)(C)CNC. The highest BCUT2D eigenvalue weighted by Gasteiger charge is 2.42. The first-order chi connectivity index (χ1) is 7.71. The molecule has 2 atom stereocenters. The average molecular weight is 262 g/mol. The van der Waals surface area contributed by atoms with Crippen LogP contribution in [0.4, 0.5) is 0 Å². The molecule has 2 nitrogen and oxygen atoms in total. The molecule has 0 aliphatic heterocycles. The number of alkyl halides is 1. The van der Waals surface area contributed by atoms with E-state index in [1.54, 1.807) is 0 Å². The molecule has 102 valence electrons. The van der Waals surface area contributed by atoms with E-state index in [9.17, 15) is 5.11 Å². The van der Waals surface area contributed by atoms with Crippen LogP contribution in [0.5, 0.6) is 0 Å². The van der Waals surface area contributed by atoms with E-state index in [2.05, 4.69) is 25.2 Å². The zero-order valence-corrected chi connectivity index (χ0v) is 12.9. The molecule has 3 heteroatoms. The molecule has 0 rings (SSSR count). The maximum atomic E-state index is 10.9. The lowest BCUT2D eigenvalue weighted by Crippen LogP contribution is -2.50. The minimum absolute atomic E-state index is 0.110. The van der Waals surface area contributed by atoms with Crippen molar-refractivity contribution in [2.75, 3.05) is 13.6 Å². The minimum atomic E-state index is -0.776. The molecule has 0 fully saturated rings. The summed E-state index contributed by atoms with van der Waals surface area (Å²) in [4.78, 5) is 0.